The zero-order chi connectivity index (χ0) is 57.5. The molecule has 2 fully saturated rings. The number of carbonyl (C=O) groups is 7. The number of phenolic OH excluding ortho intramolecular Hbond substituents is 1. The SMILES string of the molecule is Cc1ncsc1-c1ccc(CNC(=O)[C@@H]2C[C@@H](O)CN2C(=O)C(NC(=O)C2(F)CC2)C(C)(C)C)c(OCC(=O)NCCCCCCCNC(=O)c2ccc3c(c2)[C@H](NC(=O)c2cc(-c4ccc(C(=O)N(C)C)c(O)c4)on2)CC3)c1. The number of aromatic hydroxyl groups is 1. The van der Waals surface area contributed by atoms with E-state index in [0.29, 0.717) is 42.0 Å². The molecule has 2 aromatic heterocycles. The first-order valence-corrected chi connectivity index (χ1v) is 27.9. The summed E-state index contributed by atoms with van der Waals surface area (Å²) in [5.74, 6) is -2.96. The van der Waals surface area contributed by atoms with E-state index < -0.39 is 52.9 Å². The molecule has 0 spiro atoms. The maximum Gasteiger partial charge on any atom is 0.273 e. The molecule has 3 aliphatic rings. The number of β-amino-alcohol motifs (C(OH)–C–C–N with tert-alkyl or cyclic N) is 1. The molecule has 80 heavy (non-hydrogen) atoms. The fourth-order valence-corrected chi connectivity index (χ4v) is 10.6. The molecular formula is C58H70FN9O11S. The third-order valence-electron chi connectivity index (χ3n) is 14.6. The number of phenols is 1. The van der Waals surface area contributed by atoms with Crippen LogP contribution < -0.4 is 31.3 Å². The van der Waals surface area contributed by atoms with E-state index in [4.69, 9.17) is 9.26 Å². The first-order valence-electron chi connectivity index (χ1n) is 27.0. The Morgan fingerprint density at radius 1 is 0.912 bits per heavy atom. The van der Waals surface area contributed by atoms with E-state index in [9.17, 15) is 48.2 Å². The predicted octanol–water partition coefficient (Wildman–Crippen LogP) is 6.08. The van der Waals surface area contributed by atoms with Crippen LogP contribution in [0.4, 0.5) is 4.39 Å². The van der Waals surface area contributed by atoms with Gasteiger partial charge in [-0.3, -0.25) is 33.6 Å². The van der Waals surface area contributed by atoms with Crippen LogP contribution in [0.15, 0.2) is 70.7 Å². The number of nitrogens with one attached hydrogen (secondary N) is 5. The summed E-state index contributed by atoms with van der Waals surface area (Å²) in [4.78, 5) is 100. The maximum atomic E-state index is 14.7. The number of hydrogen-bond donors (Lipinski definition) is 7. The Kier molecular flexibility index (Phi) is 18.4. The number of halogens is 1. The summed E-state index contributed by atoms with van der Waals surface area (Å²) in [6, 6.07) is 14.4. The van der Waals surface area contributed by atoms with Crippen molar-refractivity contribution >= 4 is 52.7 Å². The number of hydrogen-bond acceptors (Lipinski definition) is 14. The third-order valence-corrected chi connectivity index (χ3v) is 15.6. The van der Waals surface area contributed by atoms with Crippen LogP contribution in [0.5, 0.6) is 11.5 Å². The number of benzene rings is 3. The van der Waals surface area contributed by atoms with Crippen LogP contribution >= 0.6 is 11.3 Å². The lowest BCUT2D eigenvalue weighted by atomic mass is 9.85. The number of aliphatic hydroxyl groups is 1. The van der Waals surface area contributed by atoms with E-state index >= 15 is 0 Å². The number of fused-ring (bicyclic) bond motifs is 1. The number of aromatic nitrogens is 2. The summed E-state index contributed by atoms with van der Waals surface area (Å²) >= 11 is 1.45. The average molecular weight is 1120 g/mol. The number of likely N-dealkylation sites (tertiary alicyclic amines) is 1. The standard InChI is InChI=1S/C58H70FN9O11S/c1-33-49(80-32-63-33)36-13-15-38(29-62-53(74)44-27-39(69)30-68(44)55(76)50(57(2,3)4)65-56(77)58(59)20-21-58)46(26-36)78-31-48(71)60-22-10-8-7-9-11-23-61-51(72)37-14-12-34-17-19-42(41(34)24-37)64-52(73)43-28-47(79-66-43)35-16-18-40(45(70)25-35)54(75)67(5)6/h12-16,18,24-26,28,32,39,42,44,50,69-70H,7-11,17,19-23,27,29-31H2,1-6H3,(H,60,71)(H,61,72)(H,62,74)(H,64,73)(H,65,77)/t39-,42-,44+,50?/m1/s1. The van der Waals surface area contributed by atoms with Gasteiger partial charge in [-0.25, -0.2) is 9.37 Å². The lowest BCUT2D eigenvalue weighted by Gasteiger charge is -2.35. The second-order valence-electron chi connectivity index (χ2n) is 22.1. The van der Waals surface area contributed by atoms with Gasteiger partial charge in [-0.15, -0.1) is 11.3 Å². The highest BCUT2D eigenvalue weighted by Crippen LogP contribution is 2.41. The summed E-state index contributed by atoms with van der Waals surface area (Å²) in [7, 11) is 3.17. The van der Waals surface area contributed by atoms with Crippen LogP contribution in [0, 0.1) is 12.3 Å². The topological polar surface area (TPSA) is 275 Å². The van der Waals surface area contributed by atoms with Gasteiger partial charge in [-0.2, -0.15) is 0 Å². The summed E-state index contributed by atoms with van der Waals surface area (Å²) < 4.78 is 26.2. The molecule has 20 nitrogen and oxygen atoms in total. The number of amides is 7. The minimum atomic E-state index is -2.00. The number of carbonyl (C=O) groups excluding carboxylic acids is 7. The molecule has 0 radical (unpaired) electrons. The third kappa shape index (κ3) is 14.2. The molecule has 3 heterocycles. The molecular weight excluding hydrogens is 1050 g/mol. The average Bonchev–Trinajstić information content (AvgIpc) is 3.91. The highest BCUT2D eigenvalue weighted by atomic mass is 32.1. The van der Waals surface area contributed by atoms with Gasteiger partial charge in [0.05, 0.1) is 33.8 Å². The Bertz CT molecular complexity index is 3130. The molecule has 1 unspecified atom stereocenters. The number of alkyl halides is 1. The van der Waals surface area contributed by atoms with Crippen LogP contribution in [-0.4, -0.2) is 136 Å². The molecule has 2 aliphatic carbocycles. The molecule has 5 aromatic rings. The smallest absolute Gasteiger partial charge is 0.273 e. The molecule has 4 atom stereocenters. The minimum absolute atomic E-state index is 0.0275. The van der Waals surface area contributed by atoms with Crippen molar-refractivity contribution in [1.29, 1.82) is 0 Å². The van der Waals surface area contributed by atoms with Crippen molar-refractivity contribution in [3.63, 3.8) is 0 Å². The van der Waals surface area contributed by atoms with E-state index in [1.165, 1.54) is 39.3 Å². The number of unbranched alkanes of at least 4 members (excludes halogenated alkanes) is 4. The van der Waals surface area contributed by atoms with Gasteiger partial charge < -0.3 is 55.9 Å². The highest BCUT2D eigenvalue weighted by molar-refractivity contribution is 7.13. The predicted molar refractivity (Wildman–Crippen MR) is 295 cm³/mol. The van der Waals surface area contributed by atoms with Gasteiger partial charge in [0.15, 0.2) is 23.7 Å². The lowest BCUT2D eigenvalue weighted by Crippen LogP contribution is -2.59. The van der Waals surface area contributed by atoms with Crippen LogP contribution in [-0.2, 0) is 32.1 Å². The summed E-state index contributed by atoms with van der Waals surface area (Å²) in [5, 5.41) is 39.4. The van der Waals surface area contributed by atoms with Crippen molar-refractivity contribution in [3.8, 4) is 33.3 Å². The van der Waals surface area contributed by atoms with Crippen LogP contribution in [0.2, 0.25) is 0 Å². The summed E-state index contributed by atoms with van der Waals surface area (Å²) in [6.07, 6.45) is 4.60. The Balaban J connectivity index is 0.752. The fraction of sp³-hybridized carbons (Fsp3) is 0.466. The molecule has 0 bridgehead atoms. The first kappa shape index (κ1) is 58.4. The molecule has 7 N–H and O–H groups in total. The first-order chi connectivity index (χ1) is 38.1. The van der Waals surface area contributed by atoms with Crippen molar-refractivity contribution in [1.82, 2.24) is 46.5 Å². The largest absolute Gasteiger partial charge is 0.507 e. The second-order valence-corrected chi connectivity index (χ2v) is 22.9. The molecule has 1 aliphatic heterocycles. The van der Waals surface area contributed by atoms with Crippen molar-refractivity contribution in [2.45, 2.75) is 128 Å². The van der Waals surface area contributed by atoms with Crippen LogP contribution in [0.25, 0.3) is 21.8 Å². The van der Waals surface area contributed by atoms with E-state index in [1.807, 2.05) is 25.1 Å². The van der Waals surface area contributed by atoms with Crippen molar-refractivity contribution in [2.75, 3.05) is 40.3 Å². The van der Waals surface area contributed by atoms with E-state index in [-0.39, 0.29) is 85.5 Å². The van der Waals surface area contributed by atoms with Gasteiger partial charge in [0, 0.05) is 69.5 Å². The number of rotatable bonds is 23. The second kappa shape index (κ2) is 25.2. The molecule has 3 aromatic carbocycles. The van der Waals surface area contributed by atoms with Gasteiger partial charge in [0.1, 0.15) is 23.6 Å². The fourth-order valence-electron chi connectivity index (χ4n) is 9.83. The van der Waals surface area contributed by atoms with Crippen molar-refractivity contribution in [2.24, 2.45) is 5.41 Å². The number of nitrogens with zero attached hydrogens (tertiary/aromatic N) is 4. The van der Waals surface area contributed by atoms with Gasteiger partial charge >= 0.3 is 0 Å². The Morgan fingerprint density at radius 2 is 1.64 bits per heavy atom. The Morgan fingerprint density at radius 3 is 2.33 bits per heavy atom. The normalized spacial score (nSPS) is 17.4. The maximum absolute atomic E-state index is 14.7. The Hall–Kier alpha value is -7.72. The van der Waals surface area contributed by atoms with Gasteiger partial charge in [0.25, 0.3) is 29.5 Å². The number of thiazole rings is 1. The zero-order valence-electron chi connectivity index (χ0n) is 45.9. The monoisotopic (exact) mass is 1120 g/mol. The molecule has 7 amide bonds. The lowest BCUT2D eigenvalue weighted by molar-refractivity contribution is -0.145. The van der Waals surface area contributed by atoms with Crippen molar-refractivity contribution in [3.05, 3.63) is 105 Å². The number of aryl methyl sites for hydroxylation is 2. The quantitative estimate of drug-likeness (QED) is 0.0366. The van der Waals surface area contributed by atoms with E-state index in [2.05, 4.69) is 36.7 Å². The van der Waals surface area contributed by atoms with Crippen molar-refractivity contribution < 1.29 is 57.4 Å². The zero-order valence-corrected chi connectivity index (χ0v) is 46.7. The minimum Gasteiger partial charge on any atom is -0.507 e. The molecule has 8 rings (SSSR count). The highest BCUT2D eigenvalue weighted by Gasteiger charge is 2.53. The summed E-state index contributed by atoms with van der Waals surface area (Å²) in [6.45, 7) is 7.55. The van der Waals surface area contributed by atoms with Gasteiger partial charge in [0.2, 0.25) is 11.8 Å². The Labute approximate surface area is 467 Å². The molecule has 1 saturated carbocycles. The van der Waals surface area contributed by atoms with Gasteiger partial charge in [-0.1, -0.05) is 69.5 Å². The number of aliphatic hydroxyl groups excluding tert-OH is 1. The van der Waals surface area contributed by atoms with E-state index in [1.54, 1.807) is 64.6 Å². The van der Waals surface area contributed by atoms with E-state index in [0.717, 1.165) is 65.8 Å². The van der Waals surface area contributed by atoms with Crippen LogP contribution in [0.1, 0.15) is 138 Å². The van der Waals surface area contributed by atoms with Gasteiger partial charge in [-0.05, 0) is 97.9 Å². The molecule has 1 saturated heterocycles. The summed E-state index contributed by atoms with van der Waals surface area (Å²) in [5.41, 5.74) is 4.10. The molecule has 22 heteroatoms. The molecule has 426 valence electrons. The number of ether oxygens (including phenoxy) is 1. The van der Waals surface area contributed by atoms with Crippen LogP contribution in [0.3, 0.4) is 0 Å².